The van der Waals surface area contributed by atoms with Crippen LogP contribution >= 0.6 is 15.9 Å². The van der Waals surface area contributed by atoms with Gasteiger partial charge < -0.3 is 0 Å². The maximum absolute atomic E-state index is 13.6. The van der Waals surface area contributed by atoms with E-state index in [4.69, 9.17) is 5.84 Å². The normalized spacial score (nSPS) is 12.5. The van der Waals surface area contributed by atoms with E-state index in [1.807, 2.05) is 6.92 Å². The second-order valence-corrected chi connectivity index (χ2v) is 4.80. The fourth-order valence-corrected chi connectivity index (χ4v) is 1.88. The summed E-state index contributed by atoms with van der Waals surface area (Å²) >= 11 is 3.32. The molecule has 1 aromatic carbocycles. The van der Waals surface area contributed by atoms with Crippen LogP contribution in [0, 0.1) is 5.82 Å². The SMILES string of the molecule is C=C(C)CCC(NN)c1cc(Br)ccc1F. The number of rotatable bonds is 5. The van der Waals surface area contributed by atoms with Gasteiger partial charge in [0.05, 0.1) is 0 Å². The summed E-state index contributed by atoms with van der Waals surface area (Å²) in [6.45, 7) is 5.77. The molecule has 0 bridgehead atoms. The van der Waals surface area contributed by atoms with E-state index < -0.39 is 0 Å². The minimum Gasteiger partial charge on any atom is -0.271 e. The molecule has 0 amide bonds. The van der Waals surface area contributed by atoms with Crippen LogP contribution in [0.15, 0.2) is 34.8 Å². The summed E-state index contributed by atoms with van der Waals surface area (Å²) in [5, 5.41) is 0. The quantitative estimate of drug-likeness (QED) is 0.494. The fourth-order valence-electron chi connectivity index (χ4n) is 1.50. The summed E-state index contributed by atoms with van der Waals surface area (Å²) < 4.78 is 14.4. The third-order valence-electron chi connectivity index (χ3n) is 2.39. The highest BCUT2D eigenvalue weighted by Gasteiger charge is 2.14. The summed E-state index contributed by atoms with van der Waals surface area (Å²) in [4.78, 5) is 0. The molecule has 1 aromatic rings. The van der Waals surface area contributed by atoms with Crippen LogP contribution in [0.1, 0.15) is 31.4 Å². The van der Waals surface area contributed by atoms with Gasteiger partial charge >= 0.3 is 0 Å². The predicted molar refractivity (Wildman–Crippen MR) is 68.2 cm³/mol. The van der Waals surface area contributed by atoms with E-state index in [9.17, 15) is 4.39 Å². The molecule has 4 heteroatoms. The Kier molecular flexibility index (Phi) is 5.12. The lowest BCUT2D eigenvalue weighted by molar-refractivity contribution is 0.484. The van der Waals surface area contributed by atoms with Gasteiger partial charge in [-0.05, 0) is 38.0 Å². The van der Waals surface area contributed by atoms with Crippen LogP contribution in [0.25, 0.3) is 0 Å². The molecule has 0 aliphatic heterocycles. The minimum absolute atomic E-state index is 0.186. The van der Waals surface area contributed by atoms with Crippen molar-refractivity contribution >= 4 is 15.9 Å². The second kappa shape index (κ2) is 6.13. The molecule has 0 aromatic heterocycles. The van der Waals surface area contributed by atoms with Gasteiger partial charge in [0.1, 0.15) is 5.82 Å². The first kappa shape index (κ1) is 13.4. The third kappa shape index (κ3) is 3.70. The maximum Gasteiger partial charge on any atom is 0.128 e. The zero-order chi connectivity index (χ0) is 12.1. The average Bonchev–Trinajstić information content (AvgIpc) is 2.23. The first-order valence-corrected chi connectivity index (χ1v) is 5.89. The zero-order valence-corrected chi connectivity index (χ0v) is 10.8. The van der Waals surface area contributed by atoms with Crippen LogP contribution < -0.4 is 11.3 Å². The molecule has 0 saturated carbocycles. The molecule has 0 radical (unpaired) electrons. The highest BCUT2D eigenvalue weighted by molar-refractivity contribution is 9.10. The molecule has 0 aliphatic rings. The van der Waals surface area contributed by atoms with Crippen LogP contribution in [0.5, 0.6) is 0 Å². The van der Waals surface area contributed by atoms with Gasteiger partial charge in [-0.1, -0.05) is 21.5 Å². The maximum atomic E-state index is 13.6. The van der Waals surface area contributed by atoms with Crippen LogP contribution in [0.2, 0.25) is 0 Å². The van der Waals surface area contributed by atoms with Gasteiger partial charge in [-0.2, -0.15) is 0 Å². The number of nitrogens with one attached hydrogen (secondary N) is 1. The molecule has 0 fully saturated rings. The highest BCUT2D eigenvalue weighted by Crippen LogP contribution is 2.25. The monoisotopic (exact) mass is 286 g/mol. The van der Waals surface area contributed by atoms with Crippen molar-refractivity contribution in [2.45, 2.75) is 25.8 Å². The highest BCUT2D eigenvalue weighted by atomic mass is 79.9. The van der Waals surface area contributed by atoms with E-state index >= 15 is 0 Å². The van der Waals surface area contributed by atoms with Gasteiger partial charge in [0.2, 0.25) is 0 Å². The molecule has 2 nitrogen and oxygen atoms in total. The van der Waals surface area contributed by atoms with Crippen molar-refractivity contribution in [2.75, 3.05) is 0 Å². The summed E-state index contributed by atoms with van der Waals surface area (Å²) in [5.74, 6) is 5.21. The number of hydrogen-bond donors (Lipinski definition) is 2. The van der Waals surface area contributed by atoms with Gasteiger partial charge in [0.15, 0.2) is 0 Å². The molecule has 1 atom stereocenters. The topological polar surface area (TPSA) is 38.0 Å². The molecule has 16 heavy (non-hydrogen) atoms. The van der Waals surface area contributed by atoms with E-state index in [2.05, 4.69) is 27.9 Å². The predicted octanol–water partition coefficient (Wildman–Crippen LogP) is 3.45. The molecular weight excluding hydrogens is 271 g/mol. The van der Waals surface area contributed by atoms with Gasteiger partial charge in [0.25, 0.3) is 0 Å². The first-order valence-electron chi connectivity index (χ1n) is 5.10. The number of nitrogens with two attached hydrogens (primary N) is 1. The molecular formula is C12H16BrFN2. The van der Waals surface area contributed by atoms with Gasteiger partial charge in [-0.3, -0.25) is 11.3 Å². The minimum atomic E-state index is -0.243. The summed E-state index contributed by atoms with van der Waals surface area (Å²) in [7, 11) is 0. The van der Waals surface area contributed by atoms with Crippen LogP contribution in [0.3, 0.4) is 0 Å². The number of halogens is 2. The molecule has 0 spiro atoms. The Morgan fingerprint density at radius 3 is 2.88 bits per heavy atom. The van der Waals surface area contributed by atoms with E-state index in [1.165, 1.54) is 6.07 Å². The van der Waals surface area contributed by atoms with Gasteiger partial charge in [0, 0.05) is 16.1 Å². The Labute approximate surface area is 104 Å². The van der Waals surface area contributed by atoms with Crippen molar-refractivity contribution in [1.82, 2.24) is 5.43 Å². The van der Waals surface area contributed by atoms with Crippen molar-refractivity contribution in [3.63, 3.8) is 0 Å². The lowest BCUT2D eigenvalue weighted by Gasteiger charge is -2.17. The Balaban J connectivity index is 2.85. The Morgan fingerprint density at radius 2 is 2.31 bits per heavy atom. The lowest BCUT2D eigenvalue weighted by Crippen LogP contribution is -2.28. The Hall–Kier alpha value is -0.710. The van der Waals surface area contributed by atoms with Crippen LogP contribution in [-0.4, -0.2) is 0 Å². The molecule has 3 N–H and O–H groups in total. The second-order valence-electron chi connectivity index (χ2n) is 3.88. The number of hydrogen-bond acceptors (Lipinski definition) is 2. The summed E-state index contributed by atoms with van der Waals surface area (Å²) in [5.41, 5.74) is 4.29. The average molecular weight is 287 g/mol. The first-order chi connectivity index (χ1) is 7.54. The van der Waals surface area contributed by atoms with E-state index in [-0.39, 0.29) is 11.9 Å². The third-order valence-corrected chi connectivity index (χ3v) is 2.89. The lowest BCUT2D eigenvalue weighted by atomic mass is 10.00. The smallest absolute Gasteiger partial charge is 0.128 e. The van der Waals surface area contributed by atoms with Crippen molar-refractivity contribution in [3.8, 4) is 0 Å². The number of hydrazine groups is 1. The number of allylic oxidation sites excluding steroid dienone is 1. The van der Waals surface area contributed by atoms with E-state index in [0.717, 1.165) is 22.9 Å². The van der Waals surface area contributed by atoms with Crippen molar-refractivity contribution in [2.24, 2.45) is 5.84 Å². The zero-order valence-electron chi connectivity index (χ0n) is 9.26. The van der Waals surface area contributed by atoms with Crippen molar-refractivity contribution in [1.29, 1.82) is 0 Å². The molecule has 0 aliphatic carbocycles. The van der Waals surface area contributed by atoms with Crippen molar-refractivity contribution in [3.05, 3.63) is 46.2 Å². The molecule has 1 rings (SSSR count). The fraction of sp³-hybridized carbons (Fsp3) is 0.333. The van der Waals surface area contributed by atoms with Crippen LogP contribution in [0.4, 0.5) is 4.39 Å². The Morgan fingerprint density at radius 1 is 1.62 bits per heavy atom. The van der Waals surface area contributed by atoms with E-state index in [1.54, 1.807) is 12.1 Å². The van der Waals surface area contributed by atoms with Gasteiger partial charge in [-0.15, -0.1) is 6.58 Å². The van der Waals surface area contributed by atoms with Gasteiger partial charge in [-0.25, -0.2) is 4.39 Å². The van der Waals surface area contributed by atoms with Crippen LogP contribution in [-0.2, 0) is 0 Å². The molecule has 0 heterocycles. The standard InChI is InChI=1S/C12H16BrFN2/c1-8(2)3-6-12(16-15)10-7-9(13)4-5-11(10)14/h4-5,7,12,16H,1,3,6,15H2,2H3. The summed E-state index contributed by atoms with van der Waals surface area (Å²) in [6, 6.07) is 4.67. The number of benzene rings is 1. The molecule has 88 valence electrons. The molecule has 1 unspecified atom stereocenters. The Bertz CT molecular complexity index is 379. The summed E-state index contributed by atoms with van der Waals surface area (Å²) in [6.07, 6.45) is 1.56. The molecule has 0 saturated heterocycles. The van der Waals surface area contributed by atoms with E-state index in [0.29, 0.717) is 5.56 Å². The van der Waals surface area contributed by atoms with Crippen molar-refractivity contribution < 1.29 is 4.39 Å². The largest absolute Gasteiger partial charge is 0.271 e.